The fourth-order valence-electron chi connectivity index (χ4n) is 2.99. The predicted molar refractivity (Wildman–Crippen MR) is 123 cm³/mol. The summed E-state index contributed by atoms with van der Waals surface area (Å²) in [6.07, 6.45) is 1.69. The lowest BCUT2D eigenvalue weighted by Gasteiger charge is -2.27. The van der Waals surface area contributed by atoms with Gasteiger partial charge in [0.15, 0.2) is 6.10 Å². The zero-order valence-corrected chi connectivity index (χ0v) is 19.4. The van der Waals surface area contributed by atoms with Crippen LogP contribution < -0.4 is 0 Å². The minimum atomic E-state index is -1.27. The zero-order chi connectivity index (χ0) is 22.8. The molecule has 0 fully saturated rings. The van der Waals surface area contributed by atoms with Gasteiger partial charge >= 0.3 is 5.97 Å². The Morgan fingerprint density at radius 2 is 2.00 bits per heavy atom. The van der Waals surface area contributed by atoms with Crippen LogP contribution in [0.5, 0.6) is 0 Å². The molecule has 0 spiro atoms. The van der Waals surface area contributed by atoms with E-state index < -0.39 is 23.5 Å². The number of halogens is 2. The molecule has 0 saturated heterocycles. The lowest BCUT2D eigenvalue weighted by molar-refractivity contribution is -0.160. The van der Waals surface area contributed by atoms with Gasteiger partial charge in [0.2, 0.25) is 0 Å². The van der Waals surface area contributed by atoms with Crippen LogP contribution in [0, 0.1) is 13.8 Å². The Balaban J connectivity index is 2.87. The van der Waals surface area contributed by atoms with Gasteiger partial charge in [-0.05, 0) is 53.2 Å². The Morgan fingerprint density at radius 1 is 1.37 bits per heavy atom. The molecule has 158 valence electrons. The van der Waals surface area contributed by atoms with E-state index in [1.54, 1.807) is 33.8 Å². The number of carboxylic acid groups (broad SMARTS) is 1. The molecule has 0 aromatic carbocycles. The van der Waals surface area contributed by atoms with Crippen molar-refractivity contribution in [3.8, 4) is 0 Å². The Bertz CT molecular complexity index is 1060. The monoisotopic (exact) mass is 447 g/mol. The van der Waals surface area contributed by atoms with E-state index in [2.05, 4.69) is 4.98 Å². The number of ether oxygens (including phenoxy) is 1. The number of carbonyl (C=O) groups is 1. The normalized spacial score (nSPS) is 15.0. The fourth-order valence-corrected chi connectivity index (χ4v) is 4.11. The van der Waals surface area contributed by atoms with Gasteiger partial charge in [0.05, 0.1) is 11.4 Å². The maximum absolute atomic E-state index is 13.4. The van der Waals surface area contributed by atoms with E-state index >= 15 is 0 Å². The quantitative estimate of drug-likeness (QED) is 0.413. The molecule has 2 rings (SSSR count). The van der Waals surface area contributed by atoms with E-state index in [0.29, 0.717) is 22.4 Å². The van der Waals surface area contributed by atoms with Crippen LogP contribution in [0.3, 0.4) is 0 Å². The van der Waals surface area contributed by atoms with Crippen molar-refractivity contribution in [3.05, 3.63) is 56.8 Å². The summed E-state index contributed by atoms with van der Waals surface area (Å²) in [6.45, 7) is 10.3. The van der Waals surface area contributed by atoms with Crippen molar-refractivity contribution >= 4 is 52.5 Å². The standard InChI is InChI=1S/C22H24BClFNO3S/c1-11-9-15-18(14(10-24)7-8-16(23)12(2)25)17(13(3)26-20(15)30-11)19(21(27)28)29-22(4,5)6/h7-10,19H,1-6H3,(H,27,28)/b8-7-,14-10-,16-12-/t19-/m0/s1. The number of fused-ring (bicyclic) bond motifs is 1. The molecule has 0 aliphatic rings. The Hall–Kier alpha value is -1.96. The first-order valence-electron chi connectivity index (χ1n) is 9.27. The van der Waals surface area contributed by atoms with Crippen molar-refractivity contribution < 1.29 is 19.0 Å². The summed E-state index contributed by atoms with van der Waals surface area (Å²) in [5.74, 6) is -1.67. The Labute approximate surface area is 186 Å². The first kappa shape index (κ1) is 24.3. The molecule has 0 bridgehead atoms. The molecule has 0 amide bonds. The molecular formula is C22H24BClFNO3S. The summed E-state index contributed by atoms with van der Waals surface area (Å²) in [5.41, 5.74) is 2.53. The first-order valence-corrected chi connectivity index (χ1v) is 10.5. The second-order valence-electron chi connectivity index (χ2n) is 7.90. The molecular weight excluding hydrogens is 424 g/mol. The number of nitrogens with zero attached hydrogens (tertiary/aromatic N) is 1. The van der Waals surface area contributed by atoms with Crippen molar-refractivity contribution in [2.75, 3.05) is 0 Å². The van der Waals surface area contributed by atoms with Crippen LogP contribution in [-0.2, 0) is 9.53 Å². The largest absolute Gasteiger partial charge is 0.479 e. The molecule has 1 atom stereocenters. The highest BCUT2D eigenvalue weighted by molar-refractivity contribution is 7.18. The Kier molecular flexibility index (Phi) is 7.66. The smallest absolute Gasteiger partial charge is 0.337 e. The van der Waals surface area contributed by atoms with Crippen LogP contribution in [0.15, 0.2) is 35.1 Å². The van der Waals surface area contributed by atoms with Gasteiger partial charge in [0.25, 0.3) is 0 Å². The highest BCUT2D eigenvalue weighted by Crippen LogP contribution is 2.40. The molecule has 4 nitrogen and oxygen atoms in total. The molecule has 2 heterocycles. The number of aliphatic carboxylic acids is 1. The van der Waals surface area contributed by atoms with Crippen LogP contribution in [0.2, 0.25) is 0 Å². The summed E-state index contributed by atoms with van der Waals surface area (Å²) < 4.78 is 19.3. The van der Waals surface area contributed by atoms with Gasteiger partial charge in [-0.3, -0.25) is 0 Å². The summed E-state index contributed by atoms with van der Waals surface area (Å²) >= 11 is 7.64. The van der Waals surface area contributed by atoms with Gasteiger partial charge in [0.1, 0.15) is 12.7 Å². The van der Waals surface area contributed by atoms with Gasteiger partial charge < -0.3 is 9.84 Å². The topological polar surface area (TPSA) is 59.4 Å². The average Bonchev–Trinajstić information content (AvgIpc) is 2.98. The van der Waals surface area contributed by atoms with Crippen molar-refractivity contribution in [2.24, 2.45) is 0 Å². The SMILES string of the molecule is [B]C(/C=C\C(=C\Cl)c1c([C@H](OC(C)(C)C)C(=O)O)c(C)nc2sc(C)cc12)=C(/C)F. The lowest BCUT2D eigenvalue weighted by atomic mass is 9.90. The predicted octanol–water partition coefficient (Wildman–Crippen LogP) is 6.36. The fraction of sp³-hybridized carbons (Fsp3) is 0.364. The number of carboxylic acids is 1. The van der Waals surface area contributed by atoms with E-state index in [1.165, 1.54) is 29.9 Å². The maximum atomic E-state index is 13.4. The third kappa shape index (κ3) is 5.59. The molecule has 2 radical (unpaired) electrons. The van der Waals surface area contributed by atoms with Crippen molar-refractivity contribution in [2.45, 2.75) is 53.2 Å². The highest BCUT2D eigenvalue weighted by atomic mass is 35.5. The maximum Gasteiger partial charge on any atom is 0.337 e. The van der Waals surface area contributed by atoms with Gasteiger partial charge in [-0.2, -0.15) is 0 Å². The molecule has 30 heavy (non-hydrogen) atoms. The minimum absolute atomic E-state index is 0.0446. The van der Waals surface area contributed by atoms with Gasteiger partial charge in [-0.15, -0.1) is 11.3 Å². The first-order chi connectivity index (χ1) is 13.9. The van der Waals surface area contributed by atoms with Crippen molar-refractivity contribution in [1.29, 1.82) is 0 Å². The molecule has 0 aliphatic carbocycles. The minimum Gasteiger partial charge on any atom is -0.479 e. The van der Waals surface area contributed by atoms with Crippen LogP contribution in [-0.4, -0.2) is 29.5 Å². The number of hydrogen-bond donors (Lipinski definition) is 1. The third-order valence-electron chi connectivity index (χ3n) is 4.24. The molecule has 0 aliphatic heterocycles. The molecule has 2 aromatic rings. The second kappa shape index (κ2) is 9.46. The average molecular weight is 448 g/mol. The van der Waals surface area contributed by atoms with Gasteiger partial charge in [0, 0.05) is 32.6 Å². The summed E-state index contributed by atoms with van der Waals surface area (Å²) in [6, 6.07) is 1.93. The number of aryl methyl sites for hydroxylation is 2. The lowest BCUT2D eigenvalue weighted by Crippen LogP contribution is -2.28. The number of allylic oxidation sites excluding steroid dienone is 5. The molecule has 0 saturated carbocycles. The van der Waals surface area contributed by atoms with Gasteiger partial charge in [-0.25, -0.2) is 14.2 Å². The summed E-state index contributed by atoms with van der Waals surface area (Å²) in [7, 11) is 5.69. The van der Waals surface area contributed by atoms with Crippen LogP contribution in [0.4, 0.5) is 4.39 Å². The van der Waals surface area contributed by atoms with E-state index in [0.717, 1.165) is 15.1 Å². The molecule has 1 N–H and O–H groups in total. The van der Waals surface area contributed by atoms with Gasteiger partial charge in [-0.1, -0.05) is 29.2 Å². The number of thiophene rings is 1. The van der Waals surface area contributed by atoms with Crippen LogP contribution in [0.1, 0.15) is 55.5 Å². The molecule has 2 aromatic heterocycles. The van der Waals surface area contributed by atoms with Crippen LogP contribution in [0.25, 0.3) is 15.8 Å². The van der Waals surface area contributed by atoms with Crippen LogP contribution >= 0.6 is 22.9 Å². The van der Waals surface area contributed by atoms with E-state index in [4.69, 9.17) is 24.2 Å². The van der Waals surface area contributed by atoms with Crippen molar-refractivity contribution in [3.63, 3.8) is 0 Å². The number of hydrogen-bond acceptors (Lipinski definition) is 4. The number of aromatic nitrogens is 1. The molecule has 8 heteroatoms. The summed E-state index contributed by atoms with van der Waals surface area (Å²) in [4.78, 5) is 18.6. The number of rotatable bonds is 6. The van der Waals surface area contributed by atoms with E-state index in [-0.39, 0.29) is 5.47 Å². The van der Waals surface area contributed by atoms with E-state index in [9.17, 15) is 14.3 Å². The number of pyridine rings is 1. The Morgan fingerprint density at radius 3 is 2.50 bits per heavy atom. The van der Waals surface area contributed by atoms with E-state index in [1.807, 2.05) is 13.0 Å². The summed E-state index contributed by atoms with van der Waals surface area (Å²) in [5, 5.41) is 10.7. The van der Waals surface area contributed by atoms with Crippen molar-refractivity contribution in [1.82, 2.24) is 4.98 Å². The second-order valence-corrected chi connectivity index (χ2v) is 9.35. The highest BCUT2D eigenvalue weighted by Gasteiger charge is 2.32. The molecule has 0 unspecified atom stereocenters. The third-order valence-corrected chi connectivity index (χ3v) is 5.42. The zero-order valence-electron chi connectivity index (χ0n) is 17.8.